The number of phenols is 1. The van der Waals surface area contributed by atoms with Gasteiger partial charge in [-0.2, -0.15) is 18.4 Å². The molecule has 3 saturated heterocycles. The summed E-state index contributed by atoms with van der Waals surface area (Å²) in [6, 6.07) is 49.3. The SMILES string of the molecule is CC(C)(Oc1ccc(C(=O)N2CCC3(CC2)Oc2ccccc2-n2c(C#N)ccc23)cc1)C(=O)O.CCc1ccc(C(=O)N2CCC3(CC2)Oc2cc(F)ccc2-n2cccc23)cc1O.CN(C)CCOc1ccc(C(=O)N2CCC3(CC2)Oc2ccccc2-n2cccc23)cc1C(F)(F)F.[HH]. The van der Waals surface area contributed by atoms with Gasteiger partial charge in [0.05, 0.1) is 39.7 Å². The van der Waals surface area contributed by atoms with Crippen LogP contribution in [0.4, 0.5) is 17.6 Å². The molecule has 9 heterocycles. The summed E-state index contributed by atoms with van der Waals surface area (Å²) in [5, 5.41) is 29.0. The Balaban J connectivity index is 0.000000144. The summed E-state index contributed by atoms with van der Waals surface area (Å²) in [5.41, 5.74) is 3.90. The highest BCUT2D eigenvalue weighted by molar-refractivity contribution is 5.96. The van der Waals surface area contributed by atoms with Crippen molar-refractivity contribution in [3.63, 3.8) is 0 Å². The number of rotatable bonds is 11. The number of aromatic hydroxyl groups is 1. The summed E-state index contributed by atoms with van der Waals surface area (Å²) in [6.07, 6.45) is 3.52. The maximum Gasteiger partial charge on any atom is 0.419 e. The van der Waals surface area contributed by atoms with Crippen molar-refractivity contribution >= 4 is 23.7 Å². The number of carbonyl (C=O) groups is 4. The van der Waals surface area contributed by atoms with Crippen molar-refractivity contribution < 1.29 is 72.1 Å². The molecule has 0 radical (unpaired) electrons. The smallest absolute Gasteiger partial charge is 0.419 e. The summed E-state index contributed by atoms with van der Waals surface area (Å²) in [6.45, 7) is 8.27. The number of fused-ring (bicyclic) bond motifs is 12. The van der Waals surface area contributed by atoms with Crippen molar-refractivity contribution in [2.75, 3.05) is 66.5 Å². The number of phenolic OH excluding ortho intramolecular Hbond substituents is 1. The van der Waals surface area contributed by atoms with E-state index in [0.717, 1.165) is 57.3 Å². The van der Waals surface area contributed by atoms with Crippen LogP contribution in [0.2, 0.25) is 0 Å². The monoisotopic (exact) mass is 1380 g/mol. The Morgan fingerprint density at radius 2 is 1.09 bits per heavy atom. The van der Waals surface area contributed by atoms with Crippen molar-refractivity contribution in [2.45, 2.75) is 94.3 Å². The molecule has 3 fully saturated rings. The minimum atomic E-state index is -4.63. The molecule has 101 heavy (non-hydrogen) atoms. The molecule has 524 valence electrons. The number of hydrogen-bond donors (Lipinski definition) is 2. The fraction of sp³-hybridized carbons (Fsp3) is 0.321. The summed E-state index contributed by atoms with van der Waals surface area (Å²) in [7, 11) is 3.62. The highest BCUT2D eigenvalue weighted by atomic mass is 19.4. The van der Waals surface area contributed by atoms with E-state index in [2.05, 4.69) is 15.2 Å². The third kappa shape index (κ3) is 13.3. The number of aromatic nitrogens is 3. The van der Waals surface area contributed by atoms with Gasteiger partial charge < -0.3 is 62.6 Å². The van der Waals surface area contributed by atoms with Crippen LogP contribution in [0.1, 0.15) is 126 Å². The second kappa shape index (κ2) is 27.3. The standard InChI is InChI=1S/C27H28F3N3O3.C27H25N3O5.C24H23FN2O3.H2/c1-31(2)16-17-35-22-10-9-19(18-20(22)27(28,29)30)25(34)32-14-11-26(12-15-32)24-8-5-13-33(24)21-6-3-4-7-23(21)36-26;1-26(2,25(32)33)34-20-10-7-18(8-11-20)24(31)29-15-13-27(14-16-29)23-12-9-19(17-28)30(23)21-5-3-4-6-22(21)35-27;1-2-16-5-6-17(14-20(16)28)23(29)26-12-9-24(10-13-26)22-4-3-11-27(22)19-8-7-18(25)15-21(19)30-24;/h3-10,13,18H,11-12,14-17H2,1-2H3;3-12H,13-16H2,1-2H3,(H,32,33);3-8,11,14-15,28H,2,9-10,12-13H2,1H3;1H. The number of hydrogen-bond acceptors (Lipinski definition) is 12. The molecule has 6 aliphatic rings. The van der Waals surface area contributed by atoms with Crippen molar-refractivity contribution in [1.82, 2.24) is 33.3 Å². The Bertz CT molecular complexity index is 4670. The van der Waals surface area contributed by atoms with Crippen LogP contribution in [0.5, 0.6) is 34.5 Å². The number of nitrogens with zero attached hydrogens (tertiary/aromatic N) is 8. The van der Waals surface area contributed by atoms with Gasteiger partial charge in [-0.25, -0.2) is 9.18 Å². The number of carboxylic acid groups (broad SMARTS) is 1. The second-order valence-corrected chi connectivity index (χ2v) is 26.8. The van der Waals surface area contributed by atoms with E-state index >= 15 is 0 Å². The lowest BCUT2D eigenvalue weighted by atomic mass is 9.86. The van der Waals surface area contributed by atoms with Gasteiger partial charge in [-0.3, -0.25) is 19.0 Å². The molecule has 15 rings (SSSR count). The Morgan fingerprint density at radius 1 is 0.594 bits per heavy atom. The van der Waals surface area contributed by atoms with Gasteiger partial charge in [0.1, 0.15) is 58.7 Å². The molecule has 6 aliphatic heterocycles. The van der Waals surface area contributed by atoms with Gasteiger partial charge >= 0.3 is 12.1 Å². The summed E-state index contributed by atoms with van der Waals surface area (Å²) in [4.78, 5) is 57.7. The topological polar surface area (TPSA) is 206 Å². The largest absolute Gasteiger partial charge is 0.508 e. The van der Waals surface area contributed by atoms with Gasteiger partial charge in [0.25, 0.3) is 17.7 Å². The lowest BCUT2D eigenvalue weighted by Gasteiger charge is -2.45. The normalized spacial score (nSPS) is 16.3. The molecule has 23 heteroatoms. The highest BCUT2D eigenvalue weighted by Crippen LogP contribution is 2.49. The first kappa shape index (κ1) is 68.5. The lowest BCUT2D eigenvalue weighted by molar-refractivity contribution is -0.152. The van der Waals surface area contributed by atoms with Crippen molar-refractivity contribution in [2.24, 2.45) is 0 Å². The maximum atomic E-state index is 13.8. The Hall–Kier alpha value is -11.0. The molecule has 3 amide bonds. The third-order valence-electron chi connectivity index (χ3n) is 19.8. The van der Waals surface area contributed by atoms with Gasteiger partial charge in [-0.05, 0) is 167 Å². The van der Waals surface area contributed by atoms with Crippen LogP contribution in [0, 0.1) is 17.1 Å². The van der Waals surface area contributed by atoms with E-state index in [9.17, 15) is 52.2 Å². The quantitative estimate of drug-likeness (QED) is 0.116. The third-order valence-corrected chi connectivity index (χ3v) is 19.8. The number of likely N-dealkylation sites (N-methyl/N-ethyl adjacent to an activating group) is 1. The summed E-state index contributed by atoms with van der Waals surface area (Å²) < 4.78 is 91.5. The molecule has 2 N–H and O–H groups in total. The zero-order valence-corrected chi connectivity index (χ0v) is 56.5. The molecule has 9 aromatic rings. The van der Waals surface area contributed by atoms with Crippen LogP contribution in [-0.2, 0) is 34.2 Å². The van der Waals surface area contributed by atoms with Gasteiger partial charge in [-0.1, -0.05) is 37.3 Å². The van der Waals surface area contributed by atoms with Gasteiger partial charge in [-0.15, -0.1) is 0 Å². The van der Waals surface area contributed by atoms with Crippen LogP contribution in [-0.4, -0.2) is 139 Å². The molecule has 3 aromatic heterocycles. The molecule has 0 unspecified atom stereocenters. The number of likely N-dealkylation sites (tertiary alicyclic amines) is 3. The summed E-state index contributed by atoms with van der Waals surface area (Å²) in [5.74, 6) is 0.275. The fourth-order valence-electron chi connectivity index (χ4n) is 14.3. The number of benzene rings is 6. The minimum Gasteiger partial charge on any atom is -0.508 e. The molecule has 19 nitrogen and oxygen atoms in total. The van der Waals surface area contributed by atoms with E-state index in [-0.39, 0.29) is 42.7 Å². The fourth-order valence-corrected chi connectivity index (χ4v) is 14.3. The predicted octanol–water partition coefficient (Wildman–Crippen LogP) is 13.7. The lowest BCUT2D eigenvalue weighted by Crippen LogP contribution is -2.50. The maximum absolute atomic E-state index is 13.8. The second-order valence-electron chi connectivity index (χ2n) is 26.8. The van der Waals surface area contributed by atoms with Crippen LogP contribution >= 0.6 is 0 Å². The van der Waals surface area contributed by atoms with E-state index < -0.39 is 46.0 Å². The molecule has 6 aromatic carbocycles. The number of ether oxygens (including phenoxy) is 5. The number of piperidine rings is 3. The number of para-hydroxylation sites is 4. The number of alkyl halides is 3. The van der Waals surface area contributed by atoms with Crippen molar-refractivity contribution in [1.29, 1.82) is 5.26 Å². The van der Waals surface area contributed by atoms with Gasteiger partial charge in [0.15, 0.2) is 22.4 Å². The predicted molar refractivity (Wildman–Crippen MR) is 368 cm³/mol. The highest BCUT2D eigenvalue weighted by Gasteiger charge is 2.49. The Kier molecular flexibility index (Phi) is 18.5. The van der Waals surface area contributed by atoms with Crippen LogP contribution < -0.4 is 23.7 Å². The van der Waals surface area contributed by atoms with Crippen LogP contribution in [0.3, 0.4) is 0 Å². The minimum absolute atomic E-state index is 0. The first-order valence-electron chi connectivity index (χ1n) is 33.7. The number of aliphatic carboxylic acids is 1. The van der Waals surface area contributed by atoms with Gasteiger partial charge in [0, 0.05) is 121 Å². The average molecular weight is 1380 g/mol. The molecule has 3 spiro atoms. The Morgan fingerprint density at radius 3 is 1.62 bits per heavy atom. The van der Waals surface area contributed by atoms with Crippen molar-refractivity contribution in [3.8, 4) is 57.6 Å². The molecule has 0 atom stereocenters. The van der Waals surface area contributed by atoms with Crippen LogP contribution in [0.15, 0.2) is 176 Å². The number of amides is 3. The molecule has 0 aliphatic carbocycles. The van der Waals surface area contributed by atoms with E-state index in [4.69, 9.17) is 23.7 Å². The van der Waals surface area contributed by atoms with E-state index in [1.165, 1.54) is 38.1 Å². The first-order chi connectivity index (χ1) is 48.4. The molecular weight excluding hydrogens is 1300 g/mol. The number of carbonyl (C=O) groups excluding carboxylic acids is 3. The summed E-state index contributed by atoms with van der Waals surface area (Å²) >= 11 is 0. The first-order valence-corrected chi connectivity index (χ1v) is 33.7. The van der Waals surface area contributed by atoms with Gasteiger partial charge in [0.2, 0.25) is 0 Å². The average Bonchev–Trinajstić information content (AvgIpc) is 1.45. The Labute approximate surface area is 582 Å². The zero-order chi connectivity index (χ0) is 71.2. The number of carboxylic acids is 1. The molecular formula is C78H78F4N8O11. The zero-order valence-electron chi connectivity index (χ0n) is 56.5. The van der Waals surface area contributed by atoms with Crippen LogP contribution in [0.25, 0.3) is 17.1 Å². The van der Waals surface area contributed by atoms with Crippen molar-refractivity contribution in [3.05, 3.63) is 233 Å². The number of aryl methyl sites for hydroxylation is 1. The number of nitriles is 1. The van der Waals surface area contributed by atoms with E-state index in [1.807, 2.05) is 128 Å². The van der Waals surface area contributed by atoms with E-state index in [0.29, 0.717) is 119 Å². The van der Waals surface area contributed by atoms with E-state index in [1.54, 1.807) is 63.2 Å². The molecule has 0 bridgehead atoms. The number of halogens is 4. The molecule has 0 saturated carbocycles.